The molecule has 0 unspecified atom stereocenters. The van der Waals surface area contributed by atoms with E-state index in [1.165, 1.54) is 11.8 Å². The minimum Gasteiger partial charge on any atom is -0.393 e. The van der Waals surface area contributed by atoms with Gasteiger partial charge in [0.2, 0.25) is 0 Å². The molecule has 0 spiro atoms. The molecule has 44 heavy (non-hydrogen) atoms. The highest BCUT2D eigenvalue weighted by Gasteiger charge is 2.36. The van der Waals surface area contributed by atoms with Crippen molar-refractivity contribution >= 4 is 11.4 Å². The summed E-state index contributed by atoms with van der Waals surface area (Å²) in [6.07, 6.45) is -1.15. The molecular weight excluding hydrogens is 561 g/mol. The highest BCUT2D eigenvalue weighted by atomic mass is 19.4. The van der Waals surface area contributed by atoms with Crippen molar-refractivity contribution in [2.24, 2.45) is 0 Å². The summed E-state index contributed by atoms with van der Waals surface area (Å²) >= 11 is 0. The zero-order chi connectivity index (χ0) is 31.9. The van der Waals surface area contributed by atoms with Gasteiger partial charge in [-0.05, 0) is 54.9 Å². The van der Waals surface area contributed by atoms with Crippen LogP contribution in [-0.4, -0.2) is 87.3 Å². The fraction of sp³-hybridized carbons (Fsp3) is 0.371. The van der Waals surface area contributed by atoms with Gasteiger partial charge in [-0.2, -0.15) is 13.2 Å². The maximum atomic E-state index is 14.1. The van der Waals surface area contributed by atoms with E-state index in [2.05, 4.69) is 100 Å². The summed E-state index contributed by atoms with van der Waals surface area (Å²) in [6.45, 7) is 21.9. The molecule has 2 aromatic rings. The summed E-state index contributed by atoms with van der Waals surface area (Å²) in [5.74, 6) is 0. The predicted octanol–water partition coefficient (Wildman–Crippen LogP) is 6.46. The lowest BCUT2D eigenvalue weighted by Crippen LogP contribution is -2.44. The third-order valence-electron chi connectivity index (χ3n) is 8.20. The maximum absolute atomic E-state index is 14.1. The van der Waals surface area contributed by atoms with E-state index in [9.17, 15) is 13.2 Å². The molecule has 0 amide bonds. The van der Waals surface area contributed by atoms with Crippen molar-refractivity contribution in [2.75, 3.05) is 76.7 Å². The van der Waals surface area contributed by atoms with Gasteiger partial charge < -0.3 is 25.3 Å². The first-order valence-electron chi connectivity index (χ1n) is 15.0. The van der Waals surface area contributed by atoms with E-state index >= 15 is 0 Å². The number of benzene rings is 2. The molecule has 236 valence electrons. The highest BCUT2D eigenvalue weighted by molar-refractivity contribution is 5.80. The van der Waals surface area contributed by atoms with Crippen LogP contribution in [0.1, 0.15) is 12.5 Å². The van der Waals surface area contributed by atoms with Crippen LogP contribution in [0.4, 0.5) is 24.5 Å². The van der Waals surface area contributed by atoms with E-state index in [1.54, 1.807) is 7.05 Å². The first-order chi connectivity index (χ1) is 21.0. The van der Waals surface area contributed by atoms with Crippen LogP contribution in [0.3, 0.4) is 0 Å². The Morgan fingerprint density at radius 2 is 1.61 bits per heavy atom. The van der Waals surface area contributed by atoms with Gasteiger partial charge in [-0.3, -0.25) is 4.90 Å². The van der Waals surface area contributed by atoms with Crippen LogP contribution in [0.5, 0.6) is 0 Å². The van der Waals surface area contributed by atoms with E-state index in [4.69, 9.17) is 0 Å². The minimum absolute atomic E-state index is 0.0802. The largest absolute Gasteiger partial charge is 0.417 e. The van der Waals surface area contributed by atoms with Gasteiger partial charge in [-0.1, -0.05) is 50.1 Å². The van der Waals surface area contributed by atoms with Gasteiger partial charge in [0.1, 0.15) is 0 Å². The summed E-state index contributed by atoms with van der Waals surface area (Å²) in [5.41, 5.74) is 5.23. The second-order valence-electron chi connectivity index (χ2n) is 11.5. The third kappa shape index (κ3) is 8.36. The maximum Gasteiger partial charge on any atom is 0.417 e. The molecule has 0 radical (unpaired) electrons. The van der Waals surface area contributed by atoms with E-state index < -0.39 is 11.7 Å². The van der Waals surface area contributed by atoms with E-state index in [-0.39, 0.29) is 11.3 Å². The normalized spacial score (nSPS) is 17.4. The molecule has 0 atom stereocenters. The minimum atomic E-state index is -4.58. The molecule has 2 saturated heterocycles. The molecular formula is C35H45F3N6. The molecule has 2 aliphatic heterocycles. The van der Waals surface area contributed by atoms with Crippen molar-refractivity contribution in [2.45, 2.75) is 19.6 Å². The standard InChI is InChI=1S/C35H45F3N6/c1-7-9-32(35(36,37)38)31(24-39-5)27(4)40-33-23-30(12-13-34(33)44-18-14-41(6)15-19-44)29-11-8-10-28(22-29)25-42-16-20-43(21-17-42)26(2)3/h7-13,22-24,39-40H,1-2,4,14-21,25H2,3,5-6H3/b31-24-,32-9+. The van der Waals surface area contributed by atoms with Gasteiger partial charge in [0, 0.05) is 89.1 Å². The zero-order valence-electron chi connectivity index (χ0n) is 26.2. The first-order valence-corrected chi connectivity index (χ1v) is 15.0. The monoisotopic (exact) mass is 606 g/mol. The lowest BCUT2D eigenvalue weighted by Gasteiger charge is -2.36. The van der Waals surface area contributed by atoms with Crippen LogP contribution in [-0.2, 0) is 6.54 Å². The number of nitrogens with one attached hydrogen (secondary N) is 2. The average Bonchev–Trinajstić information content (AvgIpc) is 2.99. The number of halogens is 3. The molecule has 2 aliphatic rings. The molecule has 2 fully saturated rings. The molecule has 9 heteroatoms. The van der Waals surface area contributed by atoms with E-state index in [1.807, 2.05) is 6.07 Å². The van der Waals surface area contributed by atoms with Crippen molar-refractivity contribution in [3.05, 3.63) is 109 Å². The fourth-order valence-electron chi connectivity index (χ4n) is 5.69. The van der Waals surface area contributed by atoms with Crippen LogP contribution in [0, 0.1) is 0 Å². The number of alkyl halides is 3. The lowest BCUT2D eigenvalue weighted by molar-refractivity contribution is -0.0891. The topological polar surface area (TPSA) is 37.0 Å². The van der Waals surface area contributed by atoms with Gasteiger partial charge in [0.15, 0.2) is 0 Å². The number of rotatable bonds is 11. The summed E-state index contributed by atoms with van der Waals surface area (Å²) < 4.78 is 42.2. The highest BCUT2D eigenvalue weighted by Crippen LogP contribution is 2.38. The summed E-state index contributed by atoms with van der Waals surface area (Å²) in [7, 11) is 3.66. The van der Waals surface area contributed by atoms with Crippen LogP contribution in [0.2, 0.25) is 0 Å². The number of hydrogen-bond acceptors (Lipinski definition) is 6. The second-order valence-corrected chi connectivity index (χ2v) is 11.5. The molecule has 6 nitrogen and oxygen atoms in total. The molecule has 2 aromatic carbocycles. The summed E-state index contributed by atoms with van der Waals surface area (Å²) in [5, 5.41) is 6.01. The SMILES string of the molecule is C=C/C=C(\C(=C/NC)C(=C)Nc1cc(-c2cccc(CN3CCN(C(=C)C)CC3)c2)ccc1N1CCN(C)CC1)C(F)(F)F. The van der Waals surface area contributed by atoms with Crippen LogP contribution in [0.15, 0.2) is 103 Å². The second kappa shape index (κ2) is 14.7. The van der Waals surface area contributed by atoms with E-state index in [0.29, 0.717) is 5.69 Å². The zero-order valence-corrected chi connectivity index (χ0v) is 26.2. The third-order valence-corrected chi connectivity index (χ3v) is 8.20. The van der Waals surface area contributed by atoms with E-state index in [0.717, 1.165) is 93.6 Å². The molecule has 0 aliphatic carbocycles. The van der Waals surface area contributed by atoms with Gasteiger partial charge in [-0.25, -0.2) is 0 Å². The fourth-order valence-corrected chi connectivity index (χ4v) is 5.69. The van der Waals surface area contributed by atoms with Gasteiger partial charge >= 0.3 is 6.18 Å². The van der Waals surface area contributed by atoms with Crippen LogP contribution >= 0.6 is 0 Å². The Balaban J connectivity index is 1.64. The number of likely N-dealkylation sites (N-methyl/N-ethyl adjacent to an activating group) is 1. The van der Waals surface area contributed by atoms with Crippen LogP contribution in [0.25, 0.3) is 11.1 Å². The van der Waals surface area contributed by atoms with Gasteiger partial charge in [0.25, 0.3) is 0 Å². The summed E-state index contributed by atoms with van der Waals surface area (Å²) in [4.78, 5) is 9.31. The predicted molar refractivity (Wildman–Crippen MR) is 177 cm³/mol. The first kappa shape index (κ1) is 33.0. The average molecular weight is 607 g/mol. The van der Waals surface area contributed by atoms with Crippen molar-refractivity contribution in [3.63, 3.8) is 0 Å². The molecule has 0 aromatic heterocycles. The molecule has 2 N–H and O–H groups in total. The van der Waals surface area contributed by atoms with Gasteiger partial charge in [-0.15, -0.1) is 0 Å². The number of piperazine rings is 2. The number of nitrogens with zero attached hydrogens (tertiary/aromatic N) is 4. The van der Waals surface area contributed by atoms with Crippen LogP contribution < -0.4 is 15.5 Å². The van der Waals surface area contributed by atoms with Crippen molar-refractivity contribution < 1.29 is 13.2 Å². The number of allylic oxidation sites excluding steroid dienone is 4. The Kier molecular flexibility index (Phi) is 11.0. The smallest absolute Gasteiger partial charge is 0.393 e. The van der Waals surface area contributed by atoms with Crippen molar-refractivity contribution in [3.8, 4) is 11.1 Å². The quantitative estimate of drug-likeness (QED) is 0.286. The number of anilines is 2. The molecule has 4 rings (SSSR count). The van der Waals surface area contributed by atoms with Crippen molar-refractivity contribution in [1.29, 1.82) is 0 Å². The lowest BCUT2D eigenvalue weighted by atomic mass is 10.00. The number of hydrogen-bond donors (Lipinski definition) is 2. The Morgan fingerprint density at radius 3 is 2.23 bits per heavy atom. The molecule has 0 bridgehead atoms. The van der Waals surface area contributed by atoms with Gasteiger partial charge in [0.05, 0.1) is 16.9 Å². The van der Waals surface area contributed by atoms with Crippen molar-refractivity contribution in [1.82, 2.24) is 20.0 Å². The molecule has 2 heterocycles. The summed E-state index contributed by atoms with van der Waals surface area (Å²) in [6, 6.07) is 14.7. The Labute approximate surface area is 260 Å². The Bertz CT molecular complexity index is 1390. The Morgan fingerprint density at radius 1 is 0.932 bits per heavy atom. The Hall–Kier alpha value is -3.95. The molecule has 0 saturated carbocycles.